The number of nitrogens with one attached hydrogen (secondary N) is 3. The molecular formula is C28H33N5O3. The number of pyridine rings is 1. The van der Waals surface area contributed by atoms with Crippen LogP contribution in [0.2, 0.25) is 0 Å². The van der Waals surface area contributed by atoms with E-state index in [9.17, 15) is 9.59 Å². The fourth-order valence-electron chi connectivity index (χ4n) is 5.19. The van der Waals surface area contributed by atoms with Gasteiger partial charge in [0.1, 0.15) is 5.75 Å². The Labute approximate surface area is 211 Å². The van der Waals surface area contributed by atoms with Gasteiger partial charge in [0.2, 0.25) is 5.91 Å². The number of aromatic nitrogens is 1. The van der Waals surface area contributed by atoms with E-state index in [1.54, 1.807) is 7.11 Å². The Morgan fingerprint density at radius 1 is 1.22 bits per heavy atom. The number of ether oxygens (including phenoxy) is 1. The molecule has 0 spiro atoms. The van der Waals surface area contributed by atoms with Gasteiger partial charge in [0.05, 0.1) is 30.4 Å². The second-order valence-electron chi connectivity index (χ2n) is 9.66. The van der Waals surface area contributed by atoms with E-state index in [1.807, 2.05) is 49.4 Å². The third-order valence-electron chi connectivity index (χ3n) is 6.98. The second-order valence-corrected chi connectivity index (χ2v) is 9.66. The summed E-state index contributed by atoms with van der Waals surface area (Å²) in [4.78, 5) is 33.5. The lowest BCUT2D eigenvalue weighted by Gasteiger charge is -2.30. The number of nitrogens with zero attached hydrogens (tertiary/aromatic N) is 2. The maximum Gasteiger partial charge on any atom is 0.252 e. The van der Waals surface area contributed by atoms with Crippen LogP contribution in [0.4, 0.5) is 5.69 Å². The van der Waals surface area contributed by atoms with E-state index >= 15 is 0 Å². The van der Waals surface area contributed by atoms with Crippen molar-refractivity contribution in [3.63, 3.8) is 0 Å². The minimum absolute atomic E-state index is 0.0608. The third kappa shape index (κ3) is 5.20. The van der Waals surface area contributed by atoms with Gasteiger partial charge >= 0.3 is 0 Å². The molecule has 1 unspecified atom stereocenters. The van der Waals surface area contributed by atoms with Crippen LogP contribution in [0, 0.1) is 6.92 Å². The van der Waals surface area contributed by atoms with E-state index in [0.29, 0.717) is 36.5 Å². The number of aryl methyl sites for hydroxylation is 1. The molecule has 0 saturated carbocycles. The lowest BCUT2D eigenvalue weighted by Crippen LogP contribution is -2.46. The van der Waals surface area contributed by atoms with Crippen LogP contribution in [0.1, 0.15) is 40.0 Å². The van der Waals surface area contributed by atoms with E-state index in [4.69, 9.17) is 9.72 Å². The van der Waals surface area contributed by atoms with Gasteiger partial charge in [0.15, 0.2) is 0 Å². The molecule has 3 aromatic rings. The molecule has 2 aliphatic heterocycles. The second kappa shape index (κ2) is 10.6. The van der Waals surface area contributed by atoms with E-state index < -0.39 is 0 Å². The summed E-state index contributed by atoms with van der Waals surface area (Å²) in [6.07, 6.45) is 2.71. The predicted molar refractivity (Wildman–Crippen MR) is 140 cm³/mol. The Kier molecular flexibility index (Phi) is 7.16. The van der Waals surface area contributed by atoms with Crippen molar-refractivity contribution in [2.24, 2.45) is 0 Å². The zero-order valence-corrected chi connectivity index (χ0v) is 20.9. The summed E-state index contributed by atoms with van der Waals surface area (Å²) in [5.74, 6) is 0.453. The predicted octanol–water partition coefficient (Wildman–Crippen LogP) is 3.03. The van der Waals surface area contributed by atoms with Crippen LogP contribution >= 0.6 is 0 Å². The van der Waals surface area contributed by atoms with Crippen molar-refractivity contribution in [2.75, 3.05) is 38.6 Å². The molecule has 2 amide bonds. The van der Waals surface area contributed by atoms with Crippen LogP contribution < -0.4 is 20.7 Å². The fraction of sp³-hybridized carbons (Fsp3) is 0.393. The average molecular weight is 488 g/mol. The lowest BCUT2D eigenvalue weighted by atomic mass is 9.94. The first-order valence-electron chi connectivity index (χ1n) is 12.6. The molecule has 36 heavy (non-hydrogen) atoms. The first-order valence-corrected chi connectivity index (χ1v) is 12.6. The molecule has 3 N–H and O–H groups in total. The molecule has 8 heteroatoms. The standard InChI is InChI=1S/C28H33N5O3/c1-18-9-10-25(36-2)24(14-18)32-26(34)17-33-13-11-23-21(16-33)27(20-7-3-4-8-22(20)31-23)28(35)30-19-6-5-12-29-15-19/h3-4,7-10,14,19,29H,5-6,11-13,15-17H2,1-2H3,(H,30,35)(H,32,34). The van der Waals surface area contributed by atoms with Gasteiger partial charge in [-0.15, -0.1) is 0 Å². The number of rotatable bonds is 6. The van der Waals surface area contributed by atoms with Crippen LogP contribution in [0.3, 0.4) is 0 Å². The van der Waals surface area contributed by atoms with E-state index in [0.717, 1.165) is 53.7 Å². The molecule has 3 heterocycles. The maximum atomic E-state index is 13.6. The normalized spacial score (nSPS) is 17.9. The van der Waals surface area contributed by atoms with Gasteiger partial charge in [-0.25, -0.2) is 0 Å². The number of para-hydroxylation sites is 1. The zero-order chi connectivity index (χ0) is 25.1. The molecule has 2 aliphatic rings. The average Bonchev–Trinajstić information content (AvgIpc) is 2.88. The molecule has 1 aromatic heterocycles. The van der Waals surface area contributed by atoms with Gasteiger partial charge in [-0.1, -0.05) is 24.3 Å². The van der Waals surface area contributed by atoms with Crippen LogP contribution in [-0.2, 0) is 17.8 Å². The van der Waals surface area contributed by atoms with Crippen molar-refractivity contribution in [1.82, 2.24) is 20.5 Å². The SMILES string of the molecule is COc1ccc(C)cc1NC(=O)CN1CCc2nc3ccccc3c(C(=O)NC3CCCNC3)c2C1. The van der Waals surface area contributed by atoms with E-state index in [-0.39, 0.29) is 24.4 Å². The number of methoxy groups -OCH3 is 1. The number of piperidine rings is 1. The summed E-state index contributed by atoms with van der Waals surface area (Å²) in [7, 11) is 1.59. The van der Waals surface area contributed by atoms with Crippen LogP contribution in [0.25, 0.3) is 10.9 Å². The molecule has 1 saturated heterocycles. The Bertz CT molecular complexity index is 1290. The minimum atomic E-state index is -0.115. The third-order valence-corrected chi connectivity index (χ3v) is 6.98. The van der Waals surface area contributed by atoms with Gasteiger partial charge in [-0.05, 0) is 50.1 Å². The zero-order valence-electron chi connectivity index (χ0n) is 20.9. The highest BCUT2D eigenvalue weighted by molar-refractivity contribution is 6.08. The first kappa shape index (κ1) is 24.2. The van der Waals surface area contributed by atoms with Gasteiger partial charge in [-0.3, -0.25) is 19.5 Å². The van der Waals surface area contributed by atoms with Crippen LogP contribution in [-0.4, -0.2) is 61.0 Å². The van der Waals surface area contributed by atoms with Crippen molar-refractivity contribution in [2.45, 2.75) is 38.8 Å². The van der Waals surface area contributed by atoms with Gasteiger partial charge in [0, 0.05) is 48.7 Å². The van der Waals surface area contributed by atoms with Crippen molar-refractivity contribution in [3.8, 4) is 5.75 Å². The summed E-state index contributed by atoms with van der Waals surface area (Å²) < 4.78 is 5.40. The quantitative estimate of drug-likeness (QED) is 0.495. The summed E-state index contributed by atoms with van der Waals surface area (Å²) in [6, 6.07) is 13.6. The molecule has 188 valence electrons. The van der Waals surface area contributed by atoms with Crippen LogP contribution in [0.15, 0.2) is 42.5 Å². The van der Waals surface area contributed by atoms with Crippen molar-refractivity contribution < 1.29 is 14.3 Å². The van der Waals surface area contributed by atoms with E-state index in [2.05, 4.69) is 20.9 Å². The molecular weight excluding hydrogens is 454 g/mol. The summed E-state index contributed by atoms with van der Waals surface area (Å²) >= 11 is 0. The number of fused-ring (bicyclic) bond motifs is 2. The molecule has 2 aromatic carbocycles. The molecule has 0 aliphatic carbocycles. The number of carbonyl (C=O) groups excluding carboxylic acids is 2. The van der Waals surface area contributed by atoms with Crippen molar-refractivity contribution >= 4 is 28.4 Å². The topological polar surface area (TPSA) is 95.6 Å². The highest BCUT2D eigenvalue weighted by Gasteiger charge is 2.28. The number of benzene rings is 2. The molecule has 1 fully saturated rings. The Balaban J connectivity index is 1.38. The number of hydrogen-bond acceptors (Lipinski definition) is 6. The molecule has 0 bridgehead atoms. The number of amides is 2. The van der Waals surface area contributed by atoms with Crippen molar-refractivity contribution in [1.29, 1.82) is 0 Å². The fourth-order valence-corrected chi connectivity index (χ4v) is 5.19. The maximum absolute atomic E-state index is 13.6. The number of carbonyl (C=O) groups is 2. The van der Waals surface area contributed by atoms with Gasteiger partial charge in [0.25, 0.3) is 5.91 Å². The lowest BCUT2D eigenvalue weighted by molar-refractivity contribution is -0.117. The Hall–Kier alpha value is -3.49. The number of hydrogen-bond donors (Lipinski definition) is 3. The summed E-state index contributed by atoms with van der Waals surface area (Å²) in [6.45, 7) is 5.17. The Morgan fingerprint density at radius 2 is 2.08 bits per heavy atom. The number of anilines is 1. The summed E-state index contributed by atoms with van der Waals surface area (Å²) in [5.41, 5.74) is 5.08. The molecule has 8 nitrogen and oxygen atoms in total. The van der Waals surface area contributed by atoms with Gasteiger partial charge in [-0.2, -0.15) is 0 Å². The van der Waals surface area contributed by atoms with Gasteiger partial charge < -0.3 is 20.7 Å². The largest absolute Gasteiger partial charge is 0.495 e. The summed E-state index contributed by atoms with van der Waals surface area (Å²) in [5, 5.41) is 10.4. The Morgan fingerprint density at radius 3 is 2.89 bits per heavy atom. The highest BCUT2D eigenvalue weighted by Crippen LogP contribution is 2.29. The monoisotopic (exact) mass is 487 g/mol. The minimum Gasteiger partial charge on any atom is -0.495 e. The first-order chi connectivity index (χ1) is 17.5. The van der Waals surface area contributed by atoms with Crippen molar-refractivity contribution in [3.05, 3.63) is 64.8 Å². The molecule has 5 rings (SSSR count). The highest BCUT2D eigenvalue weighted by atomic mass is 16.5. The molecule has 0 radical (unpaired) electrons. The van der Waals surface area contributed by atoms with Crippen LogP contribution in [0.5, 0.6) is 5.75 Å². The smallest absolute Gasteiger partial charge is 0.252 e. The molecule has 1 atom stereocenters. The van der Waals surface area contributed by atoms with E-state index in [1.165, 1.54) is 0 Å².